The lowest BCUT2D eigenvalue weighted by atomic mass is 10.1. The van der Waals surface area contributed by atoms with Gasteiger partial charge in [-0.25, -0.2) is 4.98 Å². The lowest BCUT2D eigenvalue weighted by Gasteiger charge is -2.40. The first-order valence-corrected chi connectivity index (χ1v) is 10.2. The monoisotopic (exact) mass is 386 g/mol. The quantitative estimate of drug-likeness (QED) is 0.677. The molecular weight excluding hydrogens is 365 g/mol. The van der Waals surface area contributed by atoms with Gasteiger partial charge in [0.25, 0.3) is 0 Å². The van der Waals surface area contributed by atoms with Crippen molar-refractivity contribution in [1.82, 2.24) is 9.55 Å². The summed E-state index contributed by atoms with van der Waals surface area (Å²) in [6.07, 6.45) is 4.29. The van der Waals surface area contributed by atoms with Gasteiger partial charge in [0, 0.05) is 24.2 Å². The van der Waals surface area contributed by atoms with Gasteiger partial charge in [-0.2, -0.15) is 13.2 Å². The summed E-state index contributed by atoms with van der Waals surface area (Å²) >= 11 is 3.90. The second kappa shape index (κ2) is 7.66. The topological polar surface area (TPSA) is 17.8 Å². The SMILES string of the molecule is CCC1CCSC(Cc2ccc(C(F)(F)F)cc2)(Cn2ccnc2)S1. The van der Waals surface area contributed by atoms with E-state index < -0.39 is 11.7 Å². The number of hydrogen-bond donors (Lipinski definition) is 0. The Hall–Kier alpha value is -1.08. The molecule has 25 heavy (non-hydrogen) atoms. The van der Waals surface area contributed by atoms with Crippen molar-refractivity contribution in [2.45, 2.75) is 48.2 Å². The second-order valence-electron chi connectivity index (χ2n) is 6.30. The van der Waals surface area contributed by atoms with E-state index in [4.69, 9.17) is 0 Å². The highest BCUT2D eigenvalue weighted by atomic mass is 32.2. The summed E-state index contributed by atoms with van der Waals surface area (Å²) in [5.74, 6) is 1.08. The zero-order valence-corrected chi connectivity index (χ0v) is 15.6. The minimum atomic E-state index is -4.28. The highest BCUT2D eigenvalue weighted by Crippen LogP contribution is 2.49. The van der Waals surface area contributed by atoms with Gasteiger partial charge in [0.15, 0.2) is 0 Å². The van der Waals surface area contributed by atoms with E-state index in [0.29, 0.717) is 5.25 Å². The van der Waals surface area contributed by atoms with Gasteiger partial charge >= 0.3 is 6.18 Å². The maximum atomic E-state index is 12.8. The average molecular weight is 387 g/mol. The molecule has 1 fully saturated rings. The molecule has 0 spiro atoms. The minimum absolute atomic E-state index is 0.0701. The molecule has 0 radical (unpaired) electrons. The number of hydrogen-bond acceptors (Lipinski definition) is 3. The Labute approximate surface area is 154 Å². The number of thioether (sulfide) groups is 2. The number of imidazole rings is 1. The summed E-state index contributed by atoms with van der Waals surface area (Å²) in [5, 5.41) is 0.596. The van der Waals surface area contributed by atoms with E-state index in [1.54, 1.807) is 18.3 Å². The number of alkyl halides is 3. The normalized spacial score (nSPS) is 24.4. The van der Waals surface area contributed by atoms with Crippen LogP contribution < -0.4 is 0 Å². The van der Waals surface area contributed by atoms with Crippen LogP contribution in [0.5, 0.6) is 0 Å². The van der Waals surface area contributed by atoms with Gasteiger partial charge in [0.05, 0.1) is 16.0 Å². The van der Waals surface area contributed by atoms with Gasteiger partial charge in [0.2, 0.25) is 0 Å². The molecule has 136 valence electrons. The number of nitrogens with zero attached hydrogens (tertiary/aromatic N) is 2. The molecule has 0 bridgehead atoms. The van der Waals surface area contributed by atoms with E-state index >= 15 is 0 Å². The van der Waals surface area contributed by atoms with E-state index in [2.05, 4.69) is 16.5 Å². The molecule has 2 atom stereocenters. The third-order valence-corrected chi connectivity index (χ3v) is 7.87. The molecule has 1 aromatic carbocycles. The van der Waals surface area contributed by atoms with E-state index in [1.807, 2.05) is 36.0 Å². The van der Waals surface area contributed by atoms with Crippen molar-refractivity contribution >= 4 is 23.5 Å². The maximum Gasteiger partial charge on any atom is 0.416 e. The predicted octanol–water partition coefficient (Wildman–Crippen LogP) is 5.49. The molecule has 7 heteroatoms. The Morgan fingerprint density at radius 3 is 2.64 bits per heavy atom. The van der Waals surface area contributed by atoms with Gasteiger partial charge < -0.3 is 4.57 Å². The van der Waals surface area contributed by atoms with Gasteiger partial charge in [-0.05, 0) is 42.7 Å². The molecule has 0 N–H and O–H groups in total. The average Bonchev–Trinajstić information content (AvgIpc) is 3.07. The van der Waals surface area contributed by atoms with Crippen LogP contribution in [0.1, 0.15) is 30.9 Å². The molecule has 0 saturated carbocycles. The van der Waals surface area contributed by atoms with E-state index in [1.165, 1.54) is 18.6 Å². The van der Waals surface area contributed by atoms with Crippen LogP contribution in [-0.4, -0.2) is 24.6 Å². The molecule has 1 aliphatic heterocycles. The van der Waals surface area contributed by atoms with Crippen molar-refractivity contribution < 1.29 is 13.2 Å². The molecule has 1 saturated heterocycles. The van der Waals surface area contributed by atoms with Crippen molar-refractivity contribution in [3.05, 3.63) is 54.1 Å². The molecular formula is C18H21F3N2S2. The zero-order chi connectivity index (χ0) is 17.9. The maximum absolute atomic E-state index is 12.8. The van der Waals surface area contributed by atoms with E-state index in [9.17, 15) is 13.2 Å². The molecule has 2 unspecified atom stereocenters. The summed E-state index contributed by atoms with van der Waals surface area (Å²) in [6.45, 7) is 3.01. The lowest BCUT2D eigenvalue weighted by Crippen LogP contribution is -2.35. The van der Waals surface area contributed by atoms with Crippen LogP contribution >= 0.6 is 23.5 Å². The second-order valence-corrected chi connectivity index (χ2v) is 9.72. The summed E-state index contributed by atoms with van der Waals surface area (Å²) < 4.78 is 40.4. The fourth-order valence-corrected chi connectivity index (χ4v) is 6.92. The van der Waals surface area contributed by atoms with Crippen LogP contribution in [0.4, 0.5) is 13.2 Å². The van der Waals surface area contributed by atoms with Crippen molar-refractivity contribution in [1.29, 1.82) is 0 Å². The van der Waals surface area contributed by atoms with Crippen LogP contribution in [0.15, 0.2) is 43.0 Å². The van der Waals surface area contributed by atoms with E-state index in [-0.39, 0.29) is 4.08 Å². The minimum Gasteiger partial charge on any atom is -0.335 e. The van der Waals surface area contributed by atoms with Gasteiger partial charge in [-0.3, -0.25) is 0 Å². The highest BCUT2D eigenvalue weighted by molar-refractivity contribution is 8.19. The Bertz CT molecular complexity index is 671. The fraction of sp³-hybridized carbons (Fsp3) is 0.500. The standard InChI is InChI=1S/C18H21F3N2S2/c1-2-16-7-10-24-17(25-16,12-23-9-8-22-13-23)11-14-3-5-15(6-4-14)18(19,20)21/h3-6,8-9,13,16H,2,7,10-12H2,1H3. The van der Waals surface area contributed by atoms with Crippen LogP contribution in [0.3, 0.4) is 0 Å². The zero-order valence-electron chi connectivity index (χ0n) is 14.0. The van der Waals surface area contributed by atoms with E-state index in [0.717, 1.165) is 30.7 Å². The Morgan fingerprint density at radius 2 is 2.04 bits per heavy atom. The van der Waals surface area contributed by atoms with Gasteiger partial charge in [0.1, 0.15) is 0 Å². The molecule has 1 aliphatic rings. The molecule has 0 amide bonds. The Morgan fingerprint density at radius 1 is 1.28 bits per heavy atom. The molecule has 3 rings (SSSR count). The summed E-state index contributed by atoms with van der Waals surface area (Å²) in [6, 6.07) is 5.62. The van der Waals surface area contributed by atoms with Crippen molar-refractivity contribution in [3.8, 4) is 0 Å². The summed E-state index contributed by atoms with van der Waals surface area (Å²) in [4.78, 5) is 4.12. The van der Waals surface area contributed by atoms with Gasteiger partial charge in [-0.15, -0.1) is 23.5 Å². The van der Waals surface area contributed by atoms with Crippen molar-refractivity contribution in [3.63, 3.8) is 0 Å². The number of halogens is 3. The fourth-order valence-electron chi connectivity index (χ4n) is 3.07. The van der Waals surface area contributed by atoms with Crippen molar-refractivity contribution in [2.75, 3.05) is 5.75 Å². The molecule has 2 heterocycles. The Balaban J connectivity index is 1.82. The smallest absolute Gasteiger partial charge is 0.335 e. The Kier molecular flexibility index (Phi) is 5.73. The summed E-state index contributed by atoms with van der Waals surface area (Å²) in [5.41, 5.74) is 0.361. The van der Waals surface area contributed by atoms with Crippen LogP contribution in [0.2, 0.25) is 0 Å². The molecule has 0 aliphatic carbocycles. The first-order chi connectivity index (χ1) is 11.9. The van der Waals surface area contributed by atoms with Crippen LogP contribution in [-0.2, 0) is 19.1 Å². The largest absolute Gasteiger partial charge is 0.416 e. The first-order valence-electron chi connectivity index (χ1n) is 8.34. The molecule has 1 aromatic heterocycles. The first kappa shape index (κ1) is 18.7. The van der Waals surface area contributed by atoms with Crippen LogP contribution in [0.25, 0.3) is 0 Å². The third-order valence-electron chi connectivity index (χ3n) is 4.38. The number of aromatic nitrogens is 2. The number of benzene rings is 1. The number of rotatable bonds is 5. The third kappa shape index (κ3) is 4.76. The van der Waals surface area contributed by atoms with Gasteiger partial charge in [-0.1, -0.05) is 19.1 Å². The van der Waals surface area contributed by atoms with Crippen molar-refractivity contribution in [2.24, 2.45) is 0 Å². The molecule has 2 aromatic rings. The lowest BCUT2D eigenvalue weighted by molar-refractivity contribution is -0.137. The highest BCUT2D eigenvalue weighted by Gasteiger charge is 2.38. The molecule has 2 nitrogen and oxygen atoms in total. The van der Waals surface area contributed by atoms with Crippen LogP contribution in [0, 0.1) is 0 Å². The summed E-state index contributed by atoms with van der Waals surface area (Å²) in [7, 11) is 0. The predicted molar refractivity (Wildman–Crippen MR) is 98.9 cm³/mol.